The number of nitrogens with zero attached hydrogens (tertiary/aromatic N) is 2. The van der Waals surface area contributed by atoms with Crippen molar-refractivity contribution in [3.63, 3.8) is 0 Å². The van der Waals surface area contributed by atoms with E-state index in [1.165, 1.54) is 37.4 Å². The maximum absolute atomic E-state index is 13.8. The first-order valence-corrected chi connectivity index (χ1v) is 9.39. The Bertz CT molecular complexity index is 754. The van der Waals surface area contributed by atoms with Crippen LogP contribution < -0.4 is 5.32 Å². The molecule has 3 rings (SSSR count). The van der Waals surface area contributed by atoms with Crippen molar-refractivity contribution >= 4 is 11.7 Å². The second kappa shape index (κ2) is 8.30. The topological polar surface area (TPSA) is 45.2 Å². The molecule has 2 amide bonds. The van der Waals surface area contributed by atoms with Gasteiger partial charge in [0.05, 0.1) is 12.7 Å². The Kier molecular flexibility index (Phi) is 5.86. The van der Waals surface area contributed by atoms with E-state index in [4.69, 9.17) is 0 Å². The lowest BCUT2D eigenvalue weighted by molar-refractivity contribution is 0.212. The van der Waals surface area contributed by atoms with Gasteiger partial charge in [-0.05, 0) is 42.0 Å². The first-order valence-electron chi connectivity index (χ1n) is 9.39. The molecule has 1 N–H and O–H groups in total. The lowest BCUT2D eigenvalue weighted by Gasteiger charge is -2.18. The van der Waals surface area contributed by atoms with Gasteiger partial charge in [-0.15, -0.1) is 0 Å². The molecule has 0 bridgehead atoms. The summed E-state index contributed by atoms with van der Waals surface area (Å²) < 4.78 is 13.8. The molecule has 1 aromatic heterocycles. The molecule has 26 heavy (non-hydrogen) atoms. The first-order chi connectivity index (χ1) is 12.6. The second-order valence-electron chi connectivity index (χ2n) is 6.94. The Balaban J connectivity index is 1.63. The van der Waals surface area contributed by atoms with Gasteiger partial charge in [-0.1, -0.05) is 38.8 Å². The Morgan fingerprint density at radius 1 is 1.15 bits per heavy atom. The van der Waals surface area contributed by atoms with Crippen LogP contribution in [0.15, 0.2) is 36.7 Å². The number of hydrogen-bond acceptors (Lipinski definition) is 2. The van der Waals surface area contributed by atoms with E-state index in [1.807, 2.05) is 12.1 Å². The van der Waals surface area contributed by atoms with Crippen molar-refractivity contribution in [2.75, 3.05) is 5.32 Å². The van der Waals surface area contributed by atoms with Crippen molar-refractivity contribution in [3.05, 3.63) is 59.2 Å². The molecular weight excluding hydrogens is 329 g/mol. The standard InChI is InChI=1S/C21H26FN3O/c1-3-5-15(6-4-2)16-7-9-18(10-8-16)24-21(26)25-13-17-11-23-12-20(22)19(17)14-25/h7-12,15H,3-6,13-14H2,1-2H3,(H,24,26). The minimum absolute atomic E-state index is 0.216. The van der Waals surface area contributed by atoms with Crippen molar-refractivity contribution in [1.29, 1.82) is 0 Å². The van der Waals surface area contributed by atoms with Crippen LogP contribution in [-0.4, -0.2) is 15.9 Å². The number of fused-ring (bicyclic) bond motifs is 1. The molecule has 4 nitrogen and oxygen atoms in total. The van der Waals surface area contributed by atoms with E-state index in [-0.39, 0.29) is 18.4 Å². The Morgan fingerprint density at radius 2 is 1.85 bits per heavy atom. The zero-order chi connectivity index (χ0) is 18.5. The lowest BCUT2D eigenvalue weighted by atomic mass is 9.90. The first kappa shape index (κ1) is 18.4. The maximum atomic E-state index is 13.8. The second-order valence-corrected chi connectivity index (χ2v) is 6.94. The van der Waals surface area contributed by atoms with Gasteiger partial charge in [-0.25, -0.2) is 9.18 Å². The van der Waals surface area contributed by atoms with Crippen molar-refractivity contribution < 1.29 is 9.18 Å². The highest BCUT2D eigenvalue weighted by Crippen LogP contribution is 2.28. The van der Waals surface area contributed by atoms with Crippen LogP contribution in [0.2, 0.25) is 0 Å². The highest BCUT2D eigenvalue weighted by Gasteiger charge is 2.26. The number of anilines is 1. The molecule has 2 heterocycles. The van der Waals surface area contributed by atoms with E-state index in [9.17, 15) is 9.18 Å². The largest absolute Gasteiger partial charge is 0.322 e. The van der Waals surface area contributed by atoms with E-state index in [2.05, 4.69) is 36.3 Å². The molecule has 0 spiro atoms. The summed E-state index contributed by atoms with van der Waals surface area (Å²) in [7, 11) is 0. The molecule has 1 aromatic carbocycles. The molecule has 0 aliphatic carbocycles. The van der Waals surface area contributed by atoms with Crippen molar-refractivity contribution in [1.82, 2.24) is 9.88 Å². The molecule has 0 unspecified atom stereocenters. The normalized spacial score (nSPS) is 13.2. The fourth-order valence-corrected chi connectivity index (χ4v) is 3.63. The molecule has 0 atom stereocenters. The molecule has 1 aliphatic heterocycles. The predicted molar refractivity (Wildman–Crippen MR) is 101 cm³/mol. The maximum Gasteiger partial charge on any atom is 0.322 e. The number of pyridine rings is 1. The summed E-state index contributed by atoms with van der Waals surface area (Å²) in [6.45, 7) is 5.09. The number of benzene rings is 1. The summed E-state index contributed by atoms with van der Waals surface area (Å²) in [5.41, 5.74) is 3.43. The van der Waals surface area contributed by atoms with Crippen LogP contribution in [0.4, 0.5) is 14.9 Å². The van der Waals surface area contributed by atoms with Gasteiger partial charge in [0.1, 0.15) is 5.82 Å². The third kappa shape index (κ3) is 4.03. The number of urea groups is 1. The van der Waals surface area contributed by atoms with Gasteiger partial charge >= 0.3 is 6.03 Å². The molecule has 2 aromatic rings. The van der Waals surface area contributed by atoms with Gasteiger partial charge in [0, 0.05) is 24.0 Å². The summed E-state index contributed by atoms with van der Waals surface area (Å²) in [5.74, 6) is 0.235. The third-order valence-electron chi connectivity index (χ3n) is 5.00. The van der Waals surface area contributed by atoms with Crippen molar-refractivity contribution in [3.8, 4) is 0 Å². The Labute approximate surface area is 154 Å². The van der Waals surface area contributed by atoms with E-state index in [1.54, 1.807) is 11.1 Å². The number of hydrogen-bond donors (Lipinski definition) is 1. The van der Waals surface area contributed by atoms with E-state index in [0.717, 1.165) is 11.3 Å². The third-order valence-corrected chi connectivity index (χ3v) is 5.00. The van der Waals surface area contributed by atoms with Crippen LogP contribution >= 0.6 is 0 Å². The van der Waals surface area contributed by atoms with E-state index in [0.29, 0.717) is 18.0 Å². The lowest BCUT2D eigenvalue weighted by Crippen LogP contribution is -2.30. The monoisotopic (exact) mass is 355 g/mol. The van der Waals surface area contributed by atoms with Crippen LogP contribution in [0, 0.1) is 5.82 Å². The van der Waals surface area contributed by atoms with Gasteiger partial charge in [0.15, 0.2) is 0 Å². The fourth-order valence-electron chi connectivity index (χ4n) is 3.63. The zero-order valence-corrected chi connectivity index (χ0v) is 15.5. The summed E-state index contributed by atoms with van der Waals surface area (Å²) in [5, 5.41) is 2.91. The number of halogens is 1. The minimum atomic E-state index is -0.347. The summed E-state index contributed by atoms with van der Waals surface area (Å²) >= 11 is 0. The molecule has 1 aliphatic rings. The number of nitrogens with one attached hydrogen (secondary N) is 1. The van der Waals surface area contributed by atoms with Crippen LogP contribution in [0.25, 0.3) is 0 Å². The predicted octanol–water partition coefficient (Wildman–Crippen LogP) is 5.45. The van der Waals surface area contributed by atoms with Crippen molar-refractivity contribution in [2.24, 2.45) is 0 Å². The number of carbonyl (C=O) groups is 1. The summed E-state index contributed by atoms with van der Waals surface area (Å²) in [6, 6.07) is 7.90. The molecular formula is C21H26FN3O. The molecule has 0 saturated carbocycles. The number of aromatic nitrogens is 1. The average Bonchev–Trinajstić information content (AvgIpc) is 3.08. The number of carbonyl (C=O) groups excluding carboxylic acids is 1. The number of amides is 2. The number of rotatable bonds is 6. The highest BCUT2D eigenvalue weighted by atomic mass is 19.1. The SMILES string of the molecule is CCCC(CCC)c1ccc(NC(=O)N2Cc3cncc(F)c3C2)cc1. The molecule has 0 fully saturated rings. The Hall–Kier alpha value is -2.43. The quantitative estimate of drug-likeness (QED) is 0.748. The van der Waals surface area contributed by atoms with Crippen LogP contribution in [0.1, 0.15) is 62.1 Å². The Morgan fingerprint density at radius 3 is 2.46 bits per heavy atom. The van der Waals surface area contributed by atoms with Gasteiger partial charge < -0.3 is 10.2 Å². The van der Waals surface area contributed by atoms with Crippen molar-refractivity contribution in [2.45, 2.75) is 58.5 Å². The van der Waals surface area contributed by atoms with Gasteiger partial charge in [-0.3, -0.25) is 4.98 Å². The average molecular weight is 355 g/mol. The highest BCUT2D eigenvalue weighted by molar-refractivity contribution is 5.89. The summed E-state index contributed by atoms with van der Waals surface area (Å²) in [6.07, 6.45) is 7.54. The van der Waals surface area contributed by atoms with Gasteiger partial charge in [-0.2, -0.15) is 0 Å². The summed E-state index contributed by atoms with van der Waals surface area (Å²) in [4.78, 5) is 17.9. The van der Waals surface area contributed by atoms with Gasteiger partial charge in [0.2, 0.25) is 0 Å². The minimum Gasteiger partial charge on any atom is -0.316 e. The van der Waals surface area contributed by atoms with Crippen LogP contribution in [-0.2, 0) is 13.1 Å². The zero-order valence-electron chi connectivity index (χ0n) is 15.5. The molecule has 5 heteroatoms. The fraction of sp³-hybridized carbons (Fsp3) is 0.429. The molecule has 0 radical (unpaired) electrons. The van der Waals surface area contributed by atoms with Gasteiger partial charge in [0.25, 0.3) is 0 Å². The van der Waals surface area contributed by atoms with E-state index >= 15 is 0 Å². The molecule has 0 saturated heterocycles. The van der Waals surface area contributed by atoms with E-state index < -0.39 is 0 Å². The van der Waals surface area contributed by atoms with Crippen LogP contribution in [0.5, 0.6) is 0 Å². The van der Waals surface area contributed by atoms with Crippen LogP contribution in [0.3, 0.4) is 0 Å². The molecule has 138 valence electrons. The smallest absolute Gasteiger partial charge is 0.316 e.